The fraction of sp³-hybridized carbons (Fsp3) is 0.667. The van der Waals surface area contributed by atoms with Gasteiger partial charge in [-0.3, -0.25) is 5.10 Å². The average molecular weight is 212 g/mol. The van der Waals surface area contributed by atoms with E-state index in [-0.39, 0.29) is 6.04 Å². The summed E-state index contributed by atoms with van der Waals surface area (Å²) in [5.41, 5.74) is -0.495. The van der Waals surface area contributed by atoms with E-state index in [1.54, 1.807) is 6.92 Å². The Morgan fingerprint density at radius 3 is 2.73 bits per heavy atom. The van der Waals surface area contributed by atoms with Gasteiger partial charge >= 0.3 is 6.09 Å². The SMILES string of the molecule is CC(NC(=O)OC(C)(C)C)c1ncn[nH]1. The molecule has 0 spiro atoms. The summed E-state index contributed by atoms with van der Waals surface area (Å²) in [6.07, 6.45) is 0.925. The molecule has 1 aromatic rings. The number of aromatic nitrogens is 3. The number of alkyl carbamates (subject to hydrolysis) is 1. The fourth-order valence-electron chi connectivity index (χ4n) is 0.976. The minimum Gasteiger partial charge on any atom is -0.444 e. The van der Waals surface area contributed by atoms with Crippen LogP contribution in [0.3, 0.4) is 0 Å². The van der Waals surface area contributed by atoms with Crippen LogP contribution in [-0.4, -0.2) is 26.9 Å². The minimum absolute atomic E-state index is 0.248. The summed E-state index contributed by atoms with van der Waals surface area (Å²) >= 11 is 0. The van der Waals surface area contributed by atoms with Crippen molar-refractivity contribution in [2.75, 3.05) is 0 Å². The Balaban J connectivity index is 2.45. The first-order valence-corrected chi connectivity index (χ1v) is 4.73. The lowest BCUT2D eigenvalue weighted by atomic mass is 10.2. The van der Waals surface area contributed by atoms with Crippen molar-refractivity contribution in [3.63, 3.8) is 0 Å². The monoisotopic (exact) mass is 212 g/mol. The first kappa shape index (κ1) is 11.5. The molecule has 1 unspecified atom stereocenters. The Hall–Kier alpha value is -1.59. The normalized spacial score (nSPS) is 13.3. The summed E-state index contributed by atoms with van der Waals surface area (Å²) in [5, 5.41) is 9.01. The predicted octanol–water partition coefficient (Wildman–Crippen LogP) is 1.39. The van der Waals surface area contributed by atoms with Gasteiger partial charge in [0.25, 0.3) is 0 Å². The summed E-state index contributed by atoms with van der Waals surface area (Å²) in [7, 11) is 0. The summed E-state index contributed by atoms with van der Waals surface area (Å²) in [6.45, 7) is 7.23. The topological polar surface area (TPSA) is 79.9 Å². The standard InChI is InChI=1S/C9H16N4O2/c1-6(7-10-5-11-13-7)12-8(14)15-9(2,3)4/h5-6H,1-4H3,(H,12,14)(H,10,11,13). The summed E-state index contributed by atoms with van der Waals surface area (Å²) < 4.78 is 5.09. The Kier molecular flexibility index (Phi) is 3.28. The largest absolute Gasteiger partial charge is 0.444 e. The van der Waals surface area contributed by atoms with Crippen molar-refractivity contribution < 1.29 is 9.53 Å². The van der Waals surface area contributed by atoms with Crippen molar-refractivity contribution in [2.24, 2.45) is 0 Å². The van der Waals surface area contributed by atoms with E-state index in [1.165, 1.54) is 6.33 Å². The van der Waals surface area contributed by atoms with Gasteiger partial charge < -0.3 is 10.1 Å². The Morgan fingerprint density at radius 1 is 1.60 bits per heavy atom. The van der Waals surface area contributed by atoms with Crippen LogP contribution in [0, 0.1) is 0 Å². The average Bonchev–Trinajstić information content (AvgIpc) is 2.50. The van der Waals surface area contributed by atoms with Crippen molar-refractivity contribution in [1.29, 1.82) is 0 Å². The second kappa shape index (κ2) is 4.29. The van der Waals surface area contributed by atoms with Gasteiger partial charge in [0.1, 0.15) is 17.8 Å². The summed E-state index contributed by atoms with van der Waals surface area (Å²) in [4.78, 5) is 15.3. The van der Waals surface area contributed by atoms with E-state index in [9.17, 15) is 4.79 Å². The lowest BCUT2D eigenvalue weighted by molar-refractivity contribution is 0.0506. The van der Waals surface area contributed by atoms with Crippen LogP contribution < -0.4 is 5.32 Å². The third-order valence-electron chi connectivity index (χ3n) is 1.58. The highest BCUT2D eigenvalue weighted by atomic mass is 16.6. The van der Waals surface area contributed by atoms with Gasteiger partial charge in [0, 0.05) is 0 Å². The number of carbonyl (C=O) groups excluding carboxylic acids is 1. The molecule has 0 saturated carbocycles. The van der Waals surface area contributed by atoms with Crippen molar-refractivity contribution in [1.82, 2.24) is 20.5 Å². The van der Waals surface area contributed by atoms with Gasteiger partial charge in [-0.15, -0.1) is 0 Å². The molecule has 0 saturated heterocycles. The fourth-order valence-corrected chi connectivity index (χ4v) is 0.976. The van der Waals surface area contributed by atoms with Gasteiger partial charge in [0.2, 0.25) is 0 Å². The summed E-state index contributed by atoms with van der Waals surface area (Å²) in [6, 6.07) is -0.248. The maximum absolute atomic E-state index is 11.4. The number of amides is 1. The van der Waals surface area contributed by atoms with E-state index < -0.39 is 11.7 Å². The molecule has 0 aliphatic rings. The first-order chi connectivity index (χ1) is 6.88. The molecular formula is C9H16N4O2. The molecule has 2 N–H and O–H groups in total. The molecule has 1 rings (SSSR count). The highest BCUT2D eigenvalue weighted by Crippen LogP contribution is 2.09. The number of carbonyl (C=O) groups is 1. The molecule has 0 fully saturated rings. The first-order valence-electron chi connectivity index (χ1n) is 4.73. The molecule has 1 aromatic heterocycles. The van der Waals surface area contributed by atoms with Crippen LogP contribution in [0.1, 0.15) is 39.6 Å². The van der Waals surface area contributed by atoms with Gasteiger partial charge in [-0.25, -0.2) is 9.78 Å². The molecule has 0 bridgehead atoms. The minimum atomic E-state index is -0.495. The molecule has 84 valence electrons. The molecule has 1 atom stereocenters. The summed E-state index contributed by atoms with van der Waals surface area (Å²) in [5.74, 6) is 0.598. The third-order valence-corrected chi connectivity index (χ3v) is 1.58. The number of hydrogen-bond donors (Lipinski definition) is 2. The number of hydrogen-bond acceptors (Lipinski definition) is 4. The van der Waals surface area contributed by atoms with Crippen LogP contribution in [0.4, 0.5) is 4.79 Å². The van der Waals surface area contributed by atoms with E-state index in [4.69, 9.17) is 4.74 Å². The van der Waals surface area contributed by atoms with Gasteiger partial charge in [-0.05, 0) is 27.7 Å². The van der Waals surface area contributed by atoms with Crippen LogP contribution in [0.2, 0.25) is 0 Å². The van der Waals surface area contributed by atoms with Crippen molar-refractivity contribution in [2.45, 2.75) is 39.3 Å². The third kappa shape index (κ3) is 3.97. The smallest absolute Gasteiger partial charge is 0.408 e. The predicted molar refractivity (Wildman–Crippen MR) is 54.2 cm³/mol. The molecule has 0 aromatic carbocycles. The highest BCUT2D eigenvalue weighted by Gasteiger charge is 2.19. The zero-order chi connectivity index (χ0) is 11.5. The van der Waals surface area contributed by atoms with Gasteiger partial charge in [-0.1, -0.05) is 0 Å². The Morgan fingerprint density at radius 2 is 2.27 bits per heavy atom. The van der Waals surface area contributed by atoms with E-state index in [2.05, 4.69) is 20.5 Å². The van der Waals surface area contributed by atoms with E-state index in [0.29, 0.717) is 5.82 Å². The molecule has 0 radical (unpaired) electrons. The molecule has 6 nitrogen and oxygen atoms in total. The number of nitrogens with one attached hydrogen (secondary N) is 2. The van der Waals surface area contributed by atoms with Crippen LogP contribution in [0.5, 0.6) is 0 Å². The lowest BCUT2D eigenvalue weighted by Crippen LogP contribution is -2.34. The number of nitrogens with zero attached hydrogens (tertiary/aromatic N) is 2. The molecule has 1 amide bonds. The number of H-pyrrole nitrogens is 1. The van der Waals surface area contributed by atoms with E-state index in [0.717, 1.165) is 0 Å². The van der Waals surface area contributed by atoms with Crippen LogP contribution in [-0.2, 0) is 4.74 Å². The van der Waals surface area contributed by atoms with Gasteiger partial charge in [0.05, 0.1) is 6.04 Å². The lowest BCUT2D eigenvalue weighted by Gasteiger charge is -2.21. The van der Waals surface area contributed by atoms with Crippen LogP contribution in [0.15, 0.2) is 6.33 Å². The number of aromatic amines is 1. The van der Waals surface area contributed by atoms with Gasteiger partial charge in [0.15, 0.2) is 0 Å². The van der Waals surface area contributed by atoms with Crippen LogP contribution >= 0.6 is 0 Å². The van der Waals surface area contributed by atoms with E-state index in [1.807, 2.05) is 20.8 Å². The Labute approximate surface area is 88.4 Å². The second-order valence-corrected chi connectivity index (χ2v) is 4.24. The van der Waals surface area contributed by atoms with Gasteiger partial charge in [-0.2, -0.15) is 5.10 Å². The molecule has 0 aliphatic carbocycles. The maximum Gasteiger partial charge on any atom is 0.408 e. The van der Waals surface area contributed by atoms with Crippen molar-refractivity contribution in [3.8, 4) is 0 Å². The van der Waals surface area contributed by atoms with Crippen LogP contribution in [0.25, 0.3) is 0 Å². The zero-order valence-electron chi connectivity index (χ0n) is 9.37. The molecule has 15 heavy (non-hydrogen) atoms. The molecular weight excluding hydrogens is 196 g/mol. The molecule has 1 heterocycles. The second-order valence-electron chi connectivity index (χ2n) is 4.24. The highest BCUT2D eigenvalue weighted by molar-refractivity contribution is 5.68. The number of ether oxygens (including phenoxy) is 1. The zero-order valence-corrected chi connectivity index (χ0v) is 9.37. The quantitative estimate of drug-likeness (QED) is 0.776. The van der Waals surface area contributed by atoms with E-state index >= 15 is 0 Å². The number of rotatable bonds is 2. The Bertz CT molecular complexity index is 315. The molecule has 0 aliphatic heterocycles. The molecule has 6 heteroatoms. The van der Waals surface area contributed by atoms with Crippen molar-refractivity contribution >= 4 is 6.09 Å². The maximum atomic E-state index is 11.4. The van der Waals surface area contributed by atoms with Crippen molar-refractivity contribution in [3.05, 3.63) is 12.2 Å².